The molecule has 0 spiro atoms. The number of carbonyl (C=O) groups excluding carboxylic acids is 3. The largest absolute Gasteiger partial charge is 0.480 e. The van der Waals surface area contributed by atoms with Gasteiger partial charge in [-0.25, -0.2) is 9.78 Å². The van der Waals surface area contributed by atoms with E-state index in [4.69, 9.17) is 5.73 Å². The van der Waals surface area contributed by atoms with Gasteiger partial charge in [-0.1, -0.05) is 58.0 Å². The number of aromatic nitrogens is 2. The van der Waals surface area contributed by atoms with Crippen LogP contribution in [-0.2, 0) is 32.0 Å². The molecule has 4 unspecified atom stereocenters. The zero-order valence-corrected chi connectivity index (χ0v) is 21.7. The molecule has 0 aliphatic heterocycles. The predicted octanol–water partition coefficient (Wildman–Crippen LogP) is 0.763. The summed E-state index contributed by atoms with van der Waals surface area (Å²) in [6.45, 7) is 7.14. The lowest BCUT2D eigenvalue weighted by Crippen LogP contribution is -2.58. The van der Waals surface area contributed by atoms with Crippen LogP contribution in [0, 0.1) is 11.8 Å². The van der Waals surface area contributed by atoms with E-state index < -0.39 is 47.9 Å². The molecule has 7 N–H and O–H groups in total. The summed E-state index contributed by atoms with van der Waals surface area (Å²) in [5, 5.41) is 17.4. The zero-order chi connectivity index (χ0) is 27.5. The summed E-state index contributed by atoms with van der Waals surface area (Å²) in [4.78, 5) is 57.7. The van der Waals surface area contributed by atoms with Crippen LogP contribution in [0.15, 0.2) is 42.9 Å². The van der Waals surface area contributed by atoms with Gasteiger partial charge in [0.05, 0.1) is 12.4 Å². The monoisotopic (exact) mass is 514 g/mol. The topological polar surface area (TPSA) is 179 Å². The van der Waals surface area contributed by atoms with Crippen molar-refractivity contribution in [1.29, 1.82) is 0 Å². The van der Waals surface area contributed by atoms with Gasteiger partial charge in [0.1, 0.15) is 18.1 Å². The van der Waals surface area contributed by atoms with Crippen LogP contribution in [0.2, 0.25) is 0 Å². The van der Waals surface area contributed by atoms with Gasteiger partial charge < -0.3 is 31.8 Å². The summed E-state index contributed by atoms with van der Waals surface area (Å²) in [6.07, 6.45) is 3.65. The summed E-state index contributed by atoms with van der Waals surface area (Å²) in [5.74, 6) is -3.19. The standard InChI is InChI=1S/C26H38N6O5/c1-15(2)10-20(25(35)32-22(16(3)4)26(36)37)31-24(34)21(12-18-13-28-14-29-18)30-23(33)19(27)11-17-8-6-5-7-9-17/h5-9,13-16,19-22H,10-12,27H2,1-4H3,(H,28,29)(H,30,33)(H,31,34)(H,32,35)(H,36,37). The molecule has 0 bridgehead atoms. The third kappa shape index (κ3) is 9.68. The average Bonchev–Trinajstić information content (AvgIpc) is 3.34. The van der Waals surface area contributed by atoms with Crippen molar-refractivity contribution < 1.29 is 24.3 Å². The van der Waals surface area contributed by atoms with Crippen LogP contribution < -0.4 is 21.7 Å². The van der Waals surface area contributed by atoms with Crippen LogP contribution in [0.25, 0.3) is 0 Å². The molecule has 11 heteroatoms. The van der Waals surface area contributed by atoms with E-state index in [9.17, 15) is 24.3 Å². The number of carboxylic acid groups (broad SMARTS) is 1. The van der Waals surface area contributed by atoms with Crippen molar-refractivity contribution in [1.82, 2.24) is 25.9 Å². The molecule has 11 nitrogen and oxygen atoms in total. The summed E-state index contributed by atoms with van der Waals surface area (Å²) in [7, 11) is 0. The Morgan fingerprint density at radius 3 is 2.08 bits per heavy atom. The minimum atomic E-state index is -1.16. The van der Waals surface area contributed by atoms with Gasteiger partial charge in [0.2, 0.25) is 17.7 Å². The number of rotatable bonds is 14. The van der Waals surface area contributed by atoms with Gasteiger partial charge in [-0.2, -0.15) is 0 Å². The number of imidazole rings is 1. The Balaban J connectivity index is 2.17. The highest BCUT2D eigenvalue weighted by Crippen LogP contribution is 2.10. The molecule has 0 radical (unpaired) electrons. The maximum absolute atomic E-state index is 13.3. The van der Waals surface area contributed by atoms with E-state index in [1.165, 1.54) is 12.5 Å². The number of nitrogens with zero attached hydrogens (tertiary/aromatic N) is 1. The van der Waals surface area contributed by atoms with Gasteiger partial charge >= 0.3 is 5.97 Å². The molecule has 0 fully saturated rings. The fourth-order valence-electron chi connectivity index (χ4n) is 3.81. The second-order valence-electron chi connectivity index (χ2n) is 9.90. The number of aromatic amines is 1. The van der Waals surface area contributed by atoms with E-state index in [0.717, 1.165) is 5.56 Å². The number of hydrogen-bond donors (Lipinski definition) is 6. The highest BCUT2D eigenvalue weighted by molar-refractivity contribution is 5.94. The van der Waals surface area contributed by atoms with E-state index in [2.05, 4.69) is 25.9 Å². The zero-order valence-electron chi connectivity index (χ0n) is 21.7. The number of aliphatic carboxylic acids is 1. The number of nitrogens with one attached hydrogen (secondary N) is 4. The SMILES string of the molecule is CC(C)CC(NC(=O)C(Cc1cnc[nH]1)NC(=O)C(N)Cc1ccccc1)C(=O)NC(C(=O)O)C(C)C. The molecule has 0 aliphatic carbocycles. The van der Waals surface area contributed by atoms with Gasteiger partial charge in [0, 0.05) is 18.3 Å². The summed E-state index contributed by atoms with van der Waals surface area (Å²) >= 11 is 0. The quantitative estimate of drug-likeness (QED) is 0.215. The first-order chi connectivity index (χ1) is 17.5. The molecule has 2 rings (SSSR count). The molecule has 37 heavy (non-hydrogen) atoms. The Labute approximate surface area is 217 Å². The van der Waals surface area contributed by atoms with Crippen molar-refractivity contribution in [2.45, 2.75) is 71.1 Å². The van der Waals surface area contributed by atoms with Crippen molar-refractivity contribution in [3.05, 3.63) is 54.1 Å². The minimum Gasteiger partial charge on any atom is -0.480 e. The molecular formula is C26H38N6O5. The molecule has 0 saturated carbocycles. The normalized spacial score (nSPS) is 14.5. The Morgan fingerprint density at radius 2 is 1.54 bits per heavy atom. The Kier molecular flexibility index (Phi) is 11.3. The van der Waals surface area contributed by atoms with Gasteiger partial charge in [-0.05, 0) is 30.2 Å². The Hall–Kier alpha value is -3.73. The van der Waals surface area contributed by atoms with Crippen LogP contribution in [0.3, 0.4) is 0 Å². The highest BCUT2D eigenvalue weighted by Gasteiger charge is 2.32. The number of carboxylic acids is 1. The fourth-order valence-corrected chi connectivity index (χ4v) is 3.81. The van der Waals surface area contributed by atoms with Crippen LogP contribution in [0.1, 0.15) is 45.4 Å². The van der Waals surface area contributed by atoms with E-state index in [-0.39, 0.29) is 31.1 Å². The van der Waals surface area contributed by atoms with Crippen LogP contribution >= 0.6 is 0 Å². The Morgan fingerprint density at radius 1 is 0.919 bits per heavy atom. The van der Waals surface area contributed by atoms with Gasteiger partial charge in [0.15, 0.2) is 0 Å². The van der Waals surface area contributed by atoms with E-state index >= 15 is 0 Å². The summed E-state index contributed by atoms with van der Waals surface area (Å²) < 4.78 is 0. The average molecular weight is 515 g/mol. The van der Waals surface area contributed by atoms with E-state index in [1.54, 1.807) is 13.8 Å². The second kappa shape index (κ2) is 14.1. The fraction of sp³-hybridized carbons (Fsp3) is 0.500. The predicted molar refractivity (Wildman–Crippen MR) is 138 cm³/mol. The number of benzene rings is 1. The number of H-pyrrole nitrogens is 1. The minimum absolute atomic E-state index is 0.0262. The molecule has 2 aromatic rings. The first kappa shape index (κ1) is 29.5. The molecule has 202 valence electrons. The molecular weight excluding hydrogens is 476 g/mol. The second-order valence-corrected chi connectivity index (χ2v) is 9.90. The van der Waals surface area contributed by atoms with Crippen molar-refractivity contribution >= 4 is 23.7 Å². The van der Waals surface area contributed by atoms with Gasteiger partial charge in [-0.3, -0.25) is 14.4 Å². The van der Waals surface area contributed by atoms with Crippen LogP contribution in [0.4, 0.5) is 0 Å². The lowest BCUT2D eigenvalue weighted by atomic mass is 9.99. The van der Waals surface area contributed by atoms with E-state index in [1.807, 2.05) is 44.2 Å². The number of amides is 3. The highest BCUT2D eigenvalue weighted by atomic mass is 16.4. The van der Waals surface area contributed by atoms with Crippen molar-refractivity contribution in [3.8, 4) is 0 Å². The molecule has 0 aliphatic rings. The number of carbonyl (C=O) groups is 4. The number of nitrogens with two attached hydrogens (primary N) is 1. The molecule has 3 amide bonds. The lowest BCUT2D eigenvalue weighted by molar-refractivity contribution is -0.143. The summed E-state index contributed by atoms with van der Waals surface area (Å²) in [5.41, 5.74) is 7.60. The van der Waals surface area contributed by atoms with E-state index in [0.29, 0.717) is 5.69 Å². The lowest BCUT2D eigenvalue weighted by Gasteiger charge is -2.26. The van der Waals surface area contributed by atoms with Crippen LogP contribution in [0.5, 0.6) is 0 Å². The maximum atomic E-state index is 13.3. The van der Waals surface area contributed by atoms with Crippen molar-refractivity contribution in [2.75, 3.05) is 0 Å². The molecule has 1 aromatic heterocycles. The van der Waals surface area contributed by atoms with Crippen LogP contribution in [-0.4, -0.2) is 62.9 Å². The van der Waals surface area contributed by atoms with Gasteiger partial charge in [-0.15, -0.1) is 0 Å². The van der Waals surface area contributed by atoms with Crippen molar-refractivity contribution in [2.24, 2.45) is 17.6 Å². The molecule has 1 heterocycles. The first-order valence-corrected chi connectivity index (χ1v) is 12.4. The van der Waals surface area contributed by atoms with Crippen molar-refractivity contribution in [3.63, 3.8) is 0 Å². The molecule has 4 atom stereocenters. The Bertz CT molecular complexity index is 1030. The third-order valence-corrected chi connectivity index (χ3v) is 5.82. The first-order valence-electron chi connectivity index (χ1n) is 12.4. The third-order valence-electron chi connectivity index (χ3n) is 5.82. The smallest absolute Gasteiger partial charge is 0.326 e. The molecule has 0 saturated heterocycles. The maximum Gasteiger partial charge on any atom is 0.326 e. The summed E-state index contributed by atoms with van der Waals surface area (Å²) in [6, 6.07) is 5.25. The molecule has 1 aromatic carbocycles. The van der Waals surface area contributed by atoms with Gasteiger partial charge in [0.25, 0.3) is 0 Å². The number of hydrogen-bond acceptors (Lipinski definition) is 6.